The summed E-state index contributed by atoms with van der Waals surface area (Å²) >= 11 is 0. The van der Waals surface area contributed by atoms with Crippen LogP contribution in [0.2, 0.25) is 0 Å². The van der Waals surface area contributed by atoms with Crippen LogP contribution in [-0.2, 0) is 10.2 Å². The molecular weight excluding hydrogens is 615 g/mol. The van der Waals surface area contributed by atoms with E-state index in [1.165, 1.54) is 22.3 Å². The summed E-state index contributed by atoms with van der Waals surface area (Å²) < 4.78 is 5.75. The predicted molar refractivity (Wildman–Crippen MR) is 200 cm³/mol. The normalized spacial score (nSPS) is 14.2. The van der Waals surface area contributed by atoms with Gasteiger partial charge in [-0.3, -0.25) is 0 Å². The van der Waals surface area contributed by atoms with Gasteiger partial charge in [0.2, 0.25) is 0 Å². The molecule has 7 rings (SSSR count). The number of hydrogen-bond acceptors (Lipinski definition) is 6. The van der Waals surface area contributed by atoms with Gasteiger partial charge in [0.05, 0.1) is 11.4 Å². The molecular formula is C44H33N5O. The molecule has 0 spiro atoms. The van der Waals surface area contributed by atoms with Gasteiger partial charge in [0.25, 0.3) is 0 Å². The molecule has 6 heteroatoms. The standard InChI is InChI=1S/C44H33N5O/c1-30-25-32(33(28-45)29-46)26-39(50-30)23-15-31-13-16-34(17-14-31)47-48-35-18-20-37(21-19-35)49(36-9-5-4-6-10-36)38-22-24-41-40-11-7-8-12-42(40)44(2,3)43(41)27-38/h4-27H,1-3H3/b23-15+,48-47?. The average Bonchev–Trinajstić information content (AvgIpc) is 3.37. The third-order valence-electron chi connectivity index (χ3n) is 9.01. The van der Waals surface area contributed by atoms with Crippen LogP contribution in [-0.4, -0.2) is 0 Å². The Labute approximate surface area is 292 Å². The average molecular weight is 648 g/mol. The van der Waals surface area contributed by atoms with Crippen molar-refractivity contribution in [1.29, 1.82) is 10.5 Å². The van der Waals surface area contributed by atoms with Crippen LogP contribution in [0.1, 0.15) is 37.5 Å². The van der Waals surface area contributed by atoms with E-state index in [0.717, 1.165) is 34.0 Å². The van der Waals surface area contributed by atoms with Gasteiger partial charge < -0.3 is 9.64 Å². The second-order valence-corrected chi connectivity index (χ2v) is 12.7. The van der Waals surface area contributed by atoms with Crippen molar-refractivity contribution in [2.75, 3.05) is 4.90 Å². The van der Waals surface area contributed by atoms with Gasteiger partial charge in [0.15, 0.2) is 0 Å². The van der Waals surface area contributed by atoms with Crippen molar-refractivity contribution in [1.82, 2.24) is 0 Å². The number of para-hydroxylation sites is 1. The van der Waals surface area contributed by atoms with Crippen LogP contribution >= 0.6 is 0 Å². The Morgan fingerprint density at radius 1 is 0.660 bits per heavy atom. The van der Waals surface area contributed by atoms with Gasteiger partial charge in [-0.05, 0) is 114 Å². The Bertz CT molecular complexity index is 2310. The molecule has 5 aromatic carbocycles. The molecule has 240 valence electrons. The first-order chi connectivity index (χ1) is 24.3. The number of fused-ring (bicyclic) bond motifs is 3. The molecule has 1 aliphatic heterocycles. The van der Waals surface area contributed by atoms with Gasteiger partial charge in [-0.1, -0.05) is 80.6 Å². The minimum absolute atomic E-state index is 0.0475. The number of allylic oxidation sites excluding steroid dienone is 6. The molecule has 0 N–H and O–H groups in total. The summed E-state index contributed by atoms with van der Waals surface area (Å²) in [6.45, 7) is 6.40. The molecule has 0 unspecified atom stereocenters. The summed E-state index contributed by atoms with van der Waals surface area (Å²) in [6.07, 6.45) is 7.07. The molecule has 0 bridgehead atoms. The molecule has 0 saturated carbocycles. The molecule has 50 heavy (non-hydrogen) atoms. The van der Waals surface area contributed by atoms with Gasteiger partial charge in [0, 0.05) is 28.1 Å². The molecule has 0 aromatic heterocycles. The highest BCUT2D eigenvalue weighted by molar-refractivity contribution is 5.85. The van der Waals surface area contributed by atoms with E-state index < -0.39 is 0 Å². The largest absolute Gasteiger partial charge is 0.462 e. The number of rotatable bonds is 7. The quantitative estimate of drug-likeness (QED) is 0.130. The molecule has 0 radical (unpaired) electrons. The van der Waals surface area contributed by atoms with Gasteiger partial charge in [0.1, 0.15) is 29.2 Å². The monoisotopic (exact) mass is 647 g/mol. The van der Waals surface area contributed by atoms with E-state index in [1.54, 1.807) is 19.1 Å². The lowest BCUT2D eigenvalue weighted by atomic mass is 9.82. The Morgan fingerprint density at radius 3 is 1.96 bits per heavy atom. The van der Waals surface area contributed by atoms with E-state index in [-0.39, 0.29) is 11.0 Å². The summed E-state index contributed by atoms with van der Waals surface area (Å²) in [5.74, 6) is 1.16. The molecule has 2 aliphatic rings. The third-order valence-corrected chi connectivity index (χ3v) is 9.01. The SMILES string of the molecule is CC1=CC(=C(C#N)C#N)C=C(/C=C/c2ccc(N=Nc3ccc(N(c4ccccc4)c4ccc5c(c4)C(C)(C)c4ccccc4-5)cc3)cc2)O1. The van der Waals surface area contributed by atoms with E-state index in [2.05, 4.69) is 108 Å². The molecule has 1 heterocycles. The number of benzene rings is 5. The van der Waals surface area contributed by atoms with Crippen molar-refractivity contribution < 1.29 is 4.74 Å². The summed E-state index contributed by atoms with van der Waals surface area (Å²) in [5.41, 5.74) is 11.4. The predicted octanol–water partition coefficient (Wildman–Crippen LogP) is 12.1. The van der Waals surface area contributed by atoms with Gasteiger partial charge >= 0.3 is 0 Å². The van der Waals surface area contributed by atoms with Crippen molar-refractivity contribution in [3.63, 3.8) is 0 Å². The molecule has 5 aromatic rings. The van der Waals surface area contributed by atoms with Crippen LogP contribution in [0.3, 0.4) is 0 Å². The highest BCUT2D eigenvalue weighted by Crippen LogP contribution is 2.50. The fraction of sp³-hybridized carbons (Fsp3) is 0.0909. The lowest BCUT2D eigenvalue weighted by Crippen LogP contribution is -2.16. The number of azo groups is 1. The molecule has 1 aliphatic carbocycles. The topological polar surface area (TPSA) is 84.8 Å². The van der Waals surface area contributed by atoms with Crippen molar-refractivity contribution in [3.05, 3.63) is 179 Å². The van der Waals surface area contributed by atoms with Crippen molar-refractivity contribution >= 4 is 34.5 Å². The third kappa shape index (κ3) is 6.27. The summed E-state index contributed by atoms with van der Waals surface area (Å²) in [7, 11) is 0. The molecule has 0 amide bonds. The van der Waals surface area contributed by atoms with E-state index in [0.29, 0.717) is 17.1 Å². The van der Waals surface area contributed by atoms with Crippen LogP contribution in [0.5, 0.6) is 0 Å². The first-order valence-corrected chi connectivity index (χ1v) is 16.4. The Kier molecular flexibility index (Phi) is 8.52. The zero-order valence-electron chi connectivity index (χ0n) is 28.0. The summed E-state index contributed by atoms with van der Waals surface area (Å²) in [6, 6.07) is 45.6. The zero-order valence-corrected chi connectivity index (χ0v) is 28.0. The van der Waals surface area contributed by atoms with Crippen LogP contribution in [0.15, 0.2) is 172 Å². The molecule has 0 atom stereocenters. The van der Waals surface area contributed by atoms with Gasteiger partial charge in [-0.15, -0.1) is 0 Å². The van der Waals surface area contributed by atoms with Crippen molar-refractivity contribution in [3.8, 4) is 23.3 Å². The van der Waals surface area contributed by atoms with E-state index in [1.807, 2.05) is 66.8 Å². The second-order valence-electron chi connectivity index (χ2n) is 12.7. The molecule has 0 saturated heterocycles. The maximum atomic E-state index is 9.22. The molecule has 0 fully saturated rings. The second kappa shape index (κ2) is 13.4. The fourth-order valence-corrected chi connectivity index (χ4v) is 6.51. The van der Waals surface area contributed by atoms with Crippen LogP contribution in [0.4, 0.5) is 28.4 Å². The van der Waals surface area contributed by atoms with Crippen LogP contribution in [0, 0.1) is 22.7 Å². The first-order valence-electron chi connectivity index (χ1n) is 16.4. The fourth-order valence-electron chi connectivity index (χ4n) is 6.51. The minimum Gasteiger partial charge on any atom is -0.462 e. The number of ether oxygens (including phenoxy) is 1. The Morgan fingerprint density at radius 2 is 1.26 bits per heavy atom. The number of anilines is 3. The highest BCUT2D eigenvalue weighted by atomic mass is 16.5. The molecule has 6 nitrogen and oxygen atoms in total. The smallest absolute Gasteiger partial charge is 0.137 e. The van der Waals surface area contributed by atoms with Crippen molar-refractivity contribution in [2.24, 2.45) is 10.2 Å². The van der Waals surface area contributed by atoms with Crippen molar-refractivity contribution in [2.45, 2.75) is 26.2 Å². The number of hydrogen-bond donors (Lipinski definition) is 0. The Balaban J connectivity index is 1.09. The van der Waals surface area contributed by atoms with Gasteiger partial charge in [-0.25, -0.2) is 0 Å². The van der Waals surface area contributed by atoms with Crippen LogP contribution in [0.25, 0.3) is 17.2 Å². The van der Waals surface area contributed by atoms with Crippen LogP contribution < -0.4 is 4.90 Å². The van der Waals surface area contributed by atoms with E-state index in [4.69, 9.17) is 4.74 Å². The minimum atomic E-state index is -0.0928. The van der Waals surface area contributed by atoms with E-state index >= 15 is 0 Å². The summed E-state index contributed by atoms with van der Waals surface area (Å²) in [4.78, 5) is 2.28. The highest BCUT2D eigenvalue weighted by Gasteiger charge is 2.35. The lowest BCUT2D eigenvalue weighted by Gasteiger charge is -2.28. The van der Waals surface area contributed by atoms with Gasteiger partial charge in [-0.2, -0.15) is 20.8 Å². The first kappa shape index (κ1) is 31.8. The number of nitrogens with zero attached hydrogens (tertiary/aromatic N) is 5. The Hall–Kier alpha value is -6.76. The number of nitriles is 2. The maximum absolute atomic E-state index is 9.22. The maximum Gasteiger partial charge on any atom is 0.137 e. The summed E-state index contributed by atoms with van der Waals surface area (Å²) in [5, 5.41) is 27.4. The zero-order chi connectivity index (χ0) is 34.7. The van der Waals surface area contributed by atoms with E-state index in [9.17, 15) is 10.5 Å². The lowest BCUT2D eigenvalue weighted by molar-refractivity contribution is 0.318.